The van der Waals surface area contributed by atoms with E-state index < -0.39 is 0 Å². The average Bonchev–Trinajstić information content (AvgIpc) is 3.18. The molecule has 2 amide bonds. The van der Waals surface area contributed by atoms with Gasteiger partial charge in [0.15, 0.2) is 0 Å². The Morgan fingerprint density at radius 3 is 2.76 bits per heavy atom. The number of anilines is 1. The zero-order valence-corrected chi connectivity index (χ0v) is 22.5. The molecule has 2 fully saturated rings. The van der Waals surface area contributed by atoms with Crippen molar-refractivity contribution in [3.05, 3.63) is 58.2 Å². The number of carbonyl (C=O) groups excluding carboxylic acids is 2. The first kappa shape index (κ1) is 25.7. The standard InChI is InChI=1S/C29H35ClN4O3/c1-29-13-12-22-21-9-7-20(30)14-17(21)4-8-23(22)27(29)18(15-24(29)33-37)6-11-26(35)32-25-10-5-19(16-31-25)28(36)34(2)3/h5,7,9-10,14,16,18,22-23,27,37H,4,6,8,11-13,15H2,1-3H3,(H,31,32,35)/b33-24+/t18-,22?,23?,27?,29-/m1/s1. The molecular weight excluding hydrogens is 488 g/mol. The summed E-state index contributed by atoms with van der Waals surface area (Å²) in [6.45, 7) is 2.26. The molecule has 1 aromatic carbocycles. The predicted molar refractivity (Wildman–Crippen MR) is 144 cm³/mol. The molecule has 2 saturated carbocycles. The van der Waals surface area contributed by atoms with Crippen molar-refractivity contribution in [3.63, 3.8) is 0 Å². The number of rotatable bonds is 5. The number of oxime groups is 1. The molecule has 37 heavy (non-hydrogen) atoms. The molecule has 1 aromatic heterocycles. The number of hydrogen-bond acceptors (Lipinski definition) is 5. The number of aromatic nitrogens is 1. The Morgan fingerprint density at radius 2 is 2.05 bits per heavy atom. The highest BCUT2D eigenvalue weighted by molar-refractivity contribution is 6.30. The SMILES string of the molecule is CN(C)C(=O)c1ccc(NC(=O)CC[C@@H]2C/C(=N\O)[C@@]3(C)CCC4c5ccc(Cl)cc5CCC4C23)nc1. The number of hydrogen-bond donors (Lipinski definition) is 2. The molecule has 5 rings (SSSR count). The lowest BCUT2D eigenvalue weighted by atomic mass is 9.54. The number of fused-ring (bicyclic) bond motifs is 5. The molecule has 2 N–H and O–H groups in total. The van der Waals surface area contributed by atoms with Crippen LogP contribution in [0.15, 0.2) is 41.7 Å². The fourth-order valence-electron chi connectivity index (χ4n) is 7.43. The lowest BCUT2D eigenvalue weighted by molar-refractivity contribution is -0.116. The first-order chi connectivity index (χ1) is 17.7. The molecule has 8 heteroatoms. The van der Waals surface area contributed by atoms with Crippen molar-refractivity contribution in [2.75, 3.05) is 19.4 Å². The van der Waals surface area contributed by atoms with Crippen molar-refractivity contribution in [2.45, 2.75) is 57.8 Å². The summed E-state index contributed by atoms with van der Waals surface area (Å²) in [6.07, 6.45) is 7.52. The van der Waals surface area contributed by atoms with Crippen LogP contribution in [0.3, 0.4) is 0 Å². The van der Waals surface area contributed by atoms with Crippen molar-refractivity contribution in [1.29, 1.82) is 0 Å². The van der Waals surface area contributed by atoms with Gasteiger partial charge in [0.2, 0.25) is 5.91 Å². The second kappa shape index (κ2) is 10.1. The largest absolute Gasteiger partial charge is 0.411 e. The van der Waals surface area contributed by atoms with Gasteiger partial charge in [0.05, 0.1) is 11.3 Å². The van der Waals surface area contributed by atoms with Gasteiger partial charge in [0.1, 0.15) is 5.82 Å². The Balaban J connectivity index is 1.28. The third-order valence-corrected chi connectivity index (χ3v) is 9.34. The van der Waals surface area contributed by atoms with Gasteiger partial charge < -0.3 is 15.4 Å². The third kappa shape index (κ3) is 4.74. The Hall–Kier alpha value is -2.93. The van der Waals surface area contributed by atoms with E-state index in [0.29, 0.717) is 35.6 Å². The van der Waals surface area contributed by atoms with Crippen molar-refractivity contribution >= 4 is 34.9 Å². The lowest BCUT2D eigenvalue weighted by Gasteiger charge is -2.50. The van der Waals surface area contributed by atoms with E-state index in [1.165, 1.54) is 22.2 Å². The normalized spacial score (nSPS) is 29.2. The molecule has 7 nitrogen and oxygen atoms in total. The van der Waals surface area contributed by atoms with E-state index in [0.717, 1.165) is 49.3 Å². The molecule has 5 atom stereocenters. The summed E-state index contributed by atoms with van der Waals surface area (Å²) in [6, 6.07) is 9.67. The Kier molecular flexibility index (Phi) is 7.01. The summed E-state index contributed by atoms with van der Waals surface area (Å²) in [5, 5.41) is 17.3. The summed E-state index contributed by atoms with van der Waals surface area (Å²) in [7, 11) is 3.38. The second-order valence-corrected chi connectivity index (χ2v) is 11.8. The van der Waals surface area contributed by atoms with Crippen LogP contribution in [0.2, 0.25) is 5.02 Å². The lowest BCUT2D eigenvalue weighted by Crippen LogP contribution is -2.44. The minimum atomic E-state index is -0.129. The van der Waals surface area contributed by atoms with Crippen molar-refractivity contribution in [2.24, 2.45) is 28.3 Å². The minimum absolute atomic E-state index is 0.0914. The topological polar surface area (TPSA) is 94.9 Å². The number of carbonyl (C=O) groups is 2. The van der Waals surface area contributed by atoms with Crippen LogP contribution < -0.4 is 5.32 Å². The van der Waals surface area contributed by atoms with E-state index in [4.69, 9.17) is 11.6 Å². The number of nitrogens with one attached hydrogen (secondary N) is 1. The summed E-state index contributed by atoms with van der Waals surface area (Å²) >= 11 is 6.28. The van der Waals surface area contributed by atoms with Crippen LogP contribution in [0.25, 0.3) is 0 Å². The van der Waals surface area contributed by atoms with E-state index in [2.05, 4.69) is 34.5 Å². The summed E-state index contributed by atoms with van der Waals surface area (Å²) in [5.41, 5.74) is 4.04. The van der Waals surface area contributed by atoms with Crippen LogP contribution >= 0.6 is 11.6 Å². The number of amides is 2. The van der Waals surface area contributed by atoms with Gasteiger partial charge in [0.25, 0.3) is 5.91 Å². The van der Waals surface area contributed by atoms with Crippen LogP contribution in [0, 0.1) is 23.2 Å². The molecule has 196 valence electrons. The number of benzene rings is 1. The van der Waals surface area contributed by atoms with Crippen molar-refractivity contribution in [3.8, 4) is 0 Å². The monoisotopic (exact) mass is 522 g/mol. The molecule has 0 aliphatic heterocycles. The van der Waals surface area contributed by atoms with E-state index in [1.54, 1.807) is 26.2 Å². The third-order valence-electron chi connectivity index (χ3n) is 9.11. The van der Waals surface area contributed by atoms with Gasteiger partial charge in [-0.25, -0.2) is 4.98 Å². The van der Waals surface area contributed by atoms with Crippen LogP contribution in [0.4, 0.5) is 5.82 Å². The fraction of sp³-hybridized carbons (Fsp3) is 0.517. The molecular formula is C29H35ClN4O3. The number of aryl methyl sites for hydroxylation is 1. The van der Waals surface area contributed by atoms with Crippen LogP contribution in [0.5, 0.6) is 0 Å². The maximum Gasteiger partial charge on any atom is 0.254 e. The van der Waals surface area contributed by atoms with E-state index in [-0.39, 0.29) is 23.1 Å². The molecule has 0 bridgehead atoms. The first-order valence-corrected chi connectivity index (χ1v) is 13.6. The summed E-state index contributed by atoms with van der Waals surface area (Å²) in [4.78, 5) is 30.7. The zero-order valence-electron chi connectivity index (χ0n) is 21.7. The first-order valence-electron chi connectivity index (χ1n) is 13.2. The van der Waals surface area contributed by atoms with E-state index in [9.17, 15) is 14.8 Å². The van der Waals surface area contributed by atoms with Gasteiger partial charge >= 0.3 is 0 Å². The van der Waals surface area contributed by atoms with E-state index in [1.807, 2.05) is 6.07 Å². The molecule has 3 aliphatic carbocycles. The van der Waals surface area contributed by atoms with E-state index >= 15 is 0 Å². The van der Waals surface area contributed by atoms with Gasteiger partial charge in [0, 0.05) is 37.2 Å². The molecule has 1 heterocycles. The molecule has 0 saturated heterocycles. The molecule has 0 radical (unpaired) electrons. The molecule has 3 unspecified atom stereocenters. The number of nitrogens with zero attached hydrogens (tertiary/aromatic N) is 3. The van der Waals surface area contributed by atoms with Gasteiger partial charge in [-0.15, -0.1) is 0 Å². The maximum atomic E-state index is 12.8. The Morgan fingerprint density at radius 1 is 1.24 bits per heavy atom. The summed E-state index contributed by atoms with van der Waals surface area (Å²) < 4.78 is 0. The zero-order chi connectivity index (χ0) is 26.3. The van der Waals surface area contributed by atoms with Gasteiger partial charge in [-0.1, -0.05) is 29.7 Å². The highest BCUT2D eigenvalue weighted by atomic mass is 35.5. The second-order valence-electron chi connectivity index (χ2n) is 11.4. The van der Waals surface area contributed by atoms with Gasteiger partial charge in [-0.2, -0.15) is 0 Å². The Labute approximate surface area is 223 Å². The fourth-order valence-corrected chi connectivity index (χ4v) is 7.62. The Bertz CT molecular complexity index is 1230. The highest BCUT2D eigenvalue weighted by Gasteiger charge is 2.57. The van der Waals surface area contributed by atoms with Crippen molar-refractivity contribution in [1.82, 2.24) is 9.88 Å². The van der Waals surface area contributed by atoms with Crippen LogP contribution in [-0.4, -0.2) is 46.7 Å². The number of halogens is 1. The molecule has 3 aliphatic rings. The molecule has 0 spiro atoms. The quantitative estimate of drug-likeness (QED) is 0.385. The van der Waals surface area contributed by atoms with Crippen LogP contribution in [-0.2, 0) is 11.2 Å². The highest BCUT2D eigenvalue weighted by Crippen LogP contribution is 2.62. The smallest absolute Gasteiger partial charge is 0.254 e. The maximum absolute atomic E-state index is 12.8. The number of pyridine rings is 1. The van der Waals surface area contributed by atoms with Gasteiger partial charge in [-0.05, 0) is 97.6 Å². The molecule has 2 aromatic rings. The van der Waals surface area contributed by atoms with Gasteiger partial charge in [-0.3, -0.25) is 9.59 Å². The predicted octanol–water partition coefficient (Wildman–Crippen LogP) is 5.77. The summed E-state index contributed by atoms with van der Waals surface area (Å²) in [5.74, 6) is 1.87. The minimum Gasteiger partial charge on any atom is -0.411 e. The van der Waals surface area contributed by atoms with Crippen LogP contribution in [0.1, 0.15) is 72.9 Å². The van der Waals surface area contributed by atoms with Crippen molar-refractivity contribution < 1.29 is 14.8 Å². The average molecular weight is 523 g/mol.